The van der Waals surface area contributed by atoms with Crippen molar-refractivity contribution in [2.24, 2.45) is 0 Å². The van der Waals surface area contributed by atoms with Gasteiger partial charge in [-0.25, -0.2) is 0 Å². The Labute approximate surface area is 220 Å². The largest absolute Gasteiger partial charge is 0.452 e. The summed E-state index contributed by atoms with van der Waals surface area (Å²) in [5, 5.41) is 4.18. The monoisotopic (exact) mass is 502 g/mol. The minimum atomic E-state index is 0.737. The van der Waals surface area contributed by atoms with Crippen LogP contribution in [0, 0.1) is 0 Å². The van der Waals surface area contributed by atoms with E-state index in [2.05, 4.69) is 66.6 Å². The van der Waals surface area contributed by atoms with E-state index >= 15 is 0 Å². The van der Waals surface area contributed by atoms with E-state index in [9.17, 15) is 0 Å². The van der Waals surface area contributed by atoms with Crippen molar-refractivity contribution in [1.82, 2.24) is 29.1 Å². The summed E-state index contributed by atoms with van der Waals surface area (Å²) in [5.41, 5.74) is 9.55. The Hall–Kier alpha value is -5.56. The molecule has 0 fully saturated rings. The van der Waals surface area contributed by atoms with Crippen LogP contribution in [0.1, 0.15) is 0 Å². The molecule has 0 saturated carbocycles. The lowest BCUT2D eigenvalue weighted by Gasteiger charge is -2.08. The van der Waals surface area contributed by atoms with Gasteiger partial charge >= 0.3 is 0 Å². The molecule has 0 spiro atoms. The molecule has 0 aliphatic carbocycles. The van der Waals surface area contributed by atoms with Crippen LogP contribution in [0.3, 0.4) is 0 Å². The van der Waals surface area contributed by atoms with Gasteiger partial charge in [-0.2, -0.15) is 0 Å². The van der Waals surface area contributed by atoms with Crippen molar-refractivity contribution in [1.29, 1.82) is 0 Å². The van der Waals surface area contributed by atoms with Gasteiger partial charge in [0.15, 0.2) is 5.58 Å². The molecule has 0 amide bonds. The molecule has 7 heterocycles. The predicted octanol–water partition coefficient (Wildman–Crippen LogP) is 7.36. The van der Waals surface area contributed by atoms with Gasteiger partial charge < -0.3 is 13.6 Å². The molecule has 0 atom stereocenters. The Morgan fingerprint density at radius 1 is 0.538 bits per heavy atom. The van der Waals surface area contributed by atoms with E-state index in [-0.39, 0.29) is 0 Å². The first kappa shape index (κ1) is 20.5. The van der Waals surface area contributed by atoms with Crippen LogP contribution in [-0.2, 0) is 0 Å². The van der Waals surface area contributed by atoms with Crippen LogP contribution < -0.4 is 0 Å². The molecule has 0 N–H and O–H groups in total. The van der Waals surface area contributed by atoms with Crippen molar-refractivity contribution in [3.05, 3.63) is 110 Å². The lowest BCUT2D eigenvalue weighted by atomic mass is 10.2. The van der Waals surface area contributed by atoms with Gasteiger partial charge in [-0.15, -0.1) is 0 Å². The minimum Gasteiger partial charge on any atom is -0.452 e. The maximum atomic E-state index is 6.52. The van der Waals surface area contributed by atoms with Crippen LogP contribution >= 0.6 is 0 Å². The number of pyridine rings is 4. The number of rotatable bonds is 2. The lowest BCUT2D eigenvalue weighted by molar-refractivity contribution is 0.665. The number of nitrogens with zero attached hydrogens (tertiary/aromatic N) is 6. The van der Waals surface area contributed by atoms with Gasteiger partial charge in [-0.3, -0.25) is 19.9 Å². The van der Waals surface area contributed by atoms with Crippen molar-refractivity contribution in [2.45, 2.75) is 0 Å². The number of benzene rings is 2. The highest BCUT2D eigenvalue weighted by atomic mass is 16.3. The zero-order valence-electron chi connectivity index (χ0n) is 20.5. The number of aromatic nitrogens is 6. The highest BCUT2D eigenvalue weighted by Crippen LogP contribution is 2.38. The molecular formula is C32H18N6O. The van der Waals surface area contributed by atoms with Crippen LogP contribution in [0.5, 0.6) is 0 Å². The highest BCUT2D eigenvalue weighted by molar-refractivity contribution is 6.12. The topological polar surface area (TPSA) is 74.6 Å². The molecule has 2 aromatic carbocycles. The summed E-state index contributed by atoms with van der Waals surface area (Å²) in [6.07, 6.45) is 11.1. The van der Waals surface area contributed by atoms with Gasteiger partial charge in [-0.05, 0) is 54.6 Å². The zero-order valence-corrected chi connectivity index (χ0v) is 20.5. The molecule has 7 nitrogen and oxygen atoms in total. The fourth-order valence-electron chi connectivity index (χ4n) is 5.98. The minimum absolute atomic E-state index is 0.737. The summed E-state index contributed by atoms with van der Waals surface area (Å²) in [7, 11) is 0. The van der Waals surface area contributed by atoms with E-state index in [1.165, 1.54) is 0 Å². The molecule has 0 aliphatic heterocycles. The van der Waals surface area contributed by atoms with Gasteiger partial charge in [0.1, 0.15) is 11.1 Å². The van der Waals surface area contributed by atoms with Gasteiger partial charge in [-0.1, -0.05) is 18.2 Å². The van der Waals surface area contributed by atoms with Gasteiger partial charge in [0, 0.05) is 64.4 Å². The Morgan fingerprint density at radius 2 is 1.28 bits per heavy atom. The standard InChI is InChI=1S/C32H18N6O/c1-2-5-24-20(4-1)30-27(6-3-12-35-30)37(24)19-7-8-29-21(16-19)31-32(39-29)28(11-15-36-31)38-25-9-13-33-17-22(25)23-18-34-14-10-26(23)38/h1-18H. The van der Waals surface area contributed by atoms with Crippen molar-refractivity contribution in [3.63, 3.8) is 0 Å². The van der Waals surface area contributed by atoms with Crippen molar-refractivity contribution < 1.29 is 4.42 Å². The van der Waals surface area contributed by atoms with E-state index in [0.717, 1.165) is 77.2 Å². The molecule has 9 rings (SSSR count). The second-order valence-electron chi connectivity index (χ2n) is 9.64. The maximum absolute atomic E-state index is 6.52. The molecule has 39 heavy (non-hydrogen) atoms. The highest BCUT2D eigenvalue weighted by Gasteiger charge is 2.19. The van der Waals surface area contributed by atoms with Crippen LogP contribution in [0.25, 0.3) is 77.2 Å². The Morgan fingerprint density at radius 3 is 2.13 bits per heavy atom. The smallest absolute Gasteiger partial charge is 0.177 e. The number of para-hydroxylation sites is 1. The first-order chi connectivity index (χ1) is 19.4. The Balaban J connectivity index is 1.34. The van der Waals surface area contributed by atoms with E-state index in [4.69, 9.17) is 9.40 Å². The zero-order chi connectivity index (χ0) is 25.5. The summed E-state index contributed by atoms with van der Waals surface area (Å²) in [4.78, 5) is 18.2. The summed E-state index contributed by atoms with van der Waals surface area (Å²) in [5.74, 6) is 0. The molecule has 9 aromatic rings. The molecule has 7 aromatic heterocycles. The first-order valence-corrected chi connectivity index (χ1v) is 12.7. The van der Waals surface area contributed by atoms with Crippen molar-refractivity contribution >= 4 is 65.8 Å². The van der Waals surface area contributed by atoms with Crippen molar-refractivity contribution in [3.8, 4) is 11.4 Å². The van der Waals surface area contributed by atoms with Crippen LogP contribution in [0.2, 0.25) is 0 Å². The third-order valence-electron chi connectivity index (χ3n) is 7.61. The van der Waals surface area contributed by atoms with E-state index < -0.39 is 0 Å². The molecule has 182 valence electrons. The fourth-order valence-corrected chi connectivity index (χ4v) is 5.98. The molecule has 0 aliphatic rings. The molecular weight excluding hydrogens is 484 g/mol. The molecule has 0 saturated heterocycles. The summed E-state index contributed by atoms with van der Waals surface area (Å²) in [6.45, 7) is 0. The molecule has 7 heteroatoms. The lowest BCUT2D eigenvalue weighted by Crippen LogP contribution is -1.95. The summed E-state index contributed by atoms with van der Waals surface area (Å²) >= 11 is 0. The molecule has 0 unspecified atom stereocenters. The summed E-state index contributed by atoms with van der Waals surface area (Å²) in [6, 6.07) is 24.8. The number of hydrogen-bond donors (Lipinski definition) is 0. The van der Waals surface area contributed by atoms with Crippen molar-refractivity contribution in [2.75, 3.05) is 0 Å². The van der Waals surface area contributed by atoms with Crippen LogP contribution in [-0.4, -0.2) is 29.1 Å². The average Bonchev–Trinajstić information content (AvgIpc) is 3.65. The van der Waals surface area contributed by atoms with Crippen LogP contribution in [0.15, 0.2) is 114 Å². The van der Waals surface area contributed by atoms with Gasteiger partial charge in [0.25, 0.3) is 0 Å². The molecule has 0 radical (unpaired) electrons. The number of furan rings is 1. The maximum Gasteiger partial charge on any atom is 0.177 e. The normalized spacial score (nSPS) is 12.1. The predicted molar refractivity (Wildman–Crippen MR) is 154 cm³/mol. The second-order valence-corrected chi connectivity index (χ2v) is 9.64. The summed E-state index contributed by atoms with van der Waals surface area (Å²) < 4.78 is 11.0. The van der Waals surface area contributed by atoms with Gasteiger partial charge in [0.2, 0.25) is 0 Å². The SMILES string of the molecule is c1ccc2c(c1)c1ncccc1n2-c1ccc2oc3c(-n4c5ccncc5c5cnccc54)ccnc3c2c1. The Kier molecular flexibility index (Phi) is 3.93. The first-order valence-electron chi connectivity index (χ1n) is 12.7. The van der Waals surface area contributed by atoms with E-state index in [0.29, 0.717) is 0 Å². The Bertz CT molecular complexity index is 2310. The molecule has 0 bridgehead atoms. The van der Waals surface area contributed by atoms with E-state index in [1.54, 1.807) is 0 Å². The van der Waals surface area contributed by atoms with Crippen LogP contribution in [0.4, 0.5) is 0 Å². The second kappa shape index (κ2) is 7.49. The number of fused-ring (bicyclic) bond motifs is 9. The van der Waals surface area contributed by atoms with E-state index in [1.807, 2.05) is 67.5 Å². The number of hydrogen-bond acceptors (Lipinski definition) is 5. The third-order valence-corrected chi connectivity index (χ3v) is 7.61. The quantitative estimate of drug-likeness (QED) is 0.247. The average molecular weight is 503 g/mol. The van der Waals surface area contributed by atoms with Gasteiger partial charge in [0.05, 0.1) is 33.3 Å². The third kappa shape index (κ3) is 2.70. The fraction of sp³-hybridized carbons (Fsp3) is 0.